The summed E-state index contributed by atoms with van der Waals surface area (Å²) in [5.74, 6) is 0. The van der Waals surface area contributed by atoms with Gasteiger partial charge in [-0.2, -0.15) is 5.10 Å². The Bertz CT molecular complexity index is 449. The third-order valence-electron chi connectivity index (χ3n) is 2.73. The topological polar surface area (TPSA) is 57.9 Å². The van der Waals surface area contributed by atoms with E-state index in [-0.39, 0.29) is 0 Å². The van der Waals surface area contributed by atoms with E-state index in [0.717, 1.165) is 18.8 Å². The molecule has 3 N–H and O–H groups in total. The molecule has 1 aromatic carbocycles. The minimum absolute atomic E-state index is 0.676. The van der Waals surface area contributed by atoms with Crippen molar-refractivity contribution in [1.82, 2.24) is 15.1 Å². The molecule has 90 valence electrons. The molecule has 4 heteroatoms. The fraction of sp³-hybridized carbons (Fsp3) is 0.308. The van der Waals surface area contributed by atoms with Gasteiger partial charge in [0.1, 0.15) is 0 Å². The fourth-order valence-electron chi connectivity index (χ4n) is 1.88. The van der Waals surface area contributed by atoms with Gasteiger partial charge in [-0.3, -0.25) is 5.10 Å². The number of likely N-dealkylation sites (N-methyl/N-ethyl adjacent to an activating group) is 1. The van der Waals surface area contributed by atoms with Gasteiger partial charge in [-0.05, 0) is 12.6 Å². The van der Waals surface area contributed by atoms with E-state index in [2.05, 4.69) is 34.3 Å². The lowest BCUT2D eigenvalue weighted by Gasteiger charge is -2.15. The highest BCUT2D eigenvalue weighted by Crippen LogP contribution is 2.21. The molecule has 0 aliphatic rings. The number of H-pyrrole nitrogens is 1. The number of aromatic amines is 1. The molecule has 0 bridgehead atoms. The van der Waals surface area contributed by atoms with Gasteiger partial charge in [0, 0.05) is 25.2 Å². The lowest BCUT2D eigenvalue weighted by atomic mass is 10.1. The summed E-state index contributed by atoms with van der Waals surface area (Å²) in [5, 5.41) is 7.19. The van der Waals surface area contributed by atoms with Crippen molar-refractivity contribution in [3.05, 3.63) is 42.1 Å². The summed E-state index contributed by atoms with van der Waals surface area (Å²) >= 11 is 0. The summed E-state index contributed by atoms with van der Waals surface area (Å²) in [4.78, 5) is 2.19. The first-order valence-electron chi connectivity index (χ1n) is 5.77. The average molecular weight is 230 g/mol. The Kier molecular flexibility index (Phi) is 3.90. The number of nitrogens with zero attached hydrogens (tertiary/aromatic N) is 2. The molecule has 0 radical (unpaired) electrons. The molecule has 0 unspecified atom stereocenters. The Hall–Kier alpha value is -1.65. The molecule has 1 heterocycles. The molecule has 4 nitrogen and oxygen atoms in total. The van der Waals surface area contributed by atoms with E-state index >= 15 is 0 Å². The number of hydrogen-bond acceptors (Lipinski definition) is 3. The minimum atomic E-state index is 0.676. The average Bonchev–Trinajstić information content (AvgIpc) is 2.78. The molecule has 0 aliphatic heterocycles. The lowest BCUT2D eigenvalue weighted by Crippen LogP contribution is -2.25. The molecule has 0 spiro atoms. The van der Waals surface area contributed by atoms with E-state index in [0.29, 0.717) is 6.54 Å². The van der Waals surface area contributed by atoms with Crippen LogP contribution in [0.3, 0.4) is 0 Å². The number of benzene rings is 1. The summed E-state index contributed by atoms with van der Waals surface area (Å²) in [6.07, 6.45) is 1.88. The summed E-state index contributed by atoms with van der Waals surface area (Å²) in [5.41, 5.74) is 9.00. The molecule has 2 aromatic rings. The summed E-state index contributed by atoms with van der Waals surface area (Å²) < 4.78 is 0. The van der Waals surface area contributed by atoms with E-state index in [1.165, 1.54) is 11.1 Å². The smallest absolute Gasteiger partial charge is 0.0695 e. The van der Waals surface area contributed by atoms with Gasteiger partial charge in [0.05, 0.1) is 11.9 Å². The van der Waals surface area contributed by atoms with Gasteiger partial charge in [-0.15, -0.1) is 0 Å². The van der Waals surface area contributed by atoms with Gasteiger partial charge in [0.25, 0.3) is 0 Å². The zero-order valence-electron chi connectivity index (χ0n) is 10.1. The summed E-state index contributed by atoms with van der Waals surface area (Å²) in [7, 11) is 2.06. The van der Waals surface area contributed by atoms with Gasteiger partial charge in [0.2, 0.25) is 0 Å². The Morgan fingerprint density at radius 3 is 2.76 bits per heavy atom. The van der Waals surface area contributed by atoms with Crippen molar-refractivity contribution >= 4 is 0 Å². The van der Waals surface area contributed by atoms with Crippen LogP contribution in [-0.4, -0.2) is 35.2 Å². The van der Waals surface area contributed by atoms with E-state index in [9.17, 15) is 0 Å². The van der Waals surface area contributed by atoms with Gasteiger partial charge < -0.3 is 10.6 Å². The van der Waals surface area contributed by atoms with Gasteiger partial charge in [0.15, 0.2) is 0 Å². The molecule has 0 aliphatic carbocycles. The summed E-state index contributed by atoms with van der Waals surface area (Å²) in [6, 6.07) is 10.2. The monoisotopic (exact) mass is 230 g/mol. The number of rotatable bonds is 5. The second-order valence-corrected chi connectivity index (χ2v) is 4.16. The molecule has 0 fully saturated rings. The second-order valence-electron chi connectivity index (χ2n) is 4.16. The third-order valence-corrected chi connectivity index (χ3v) is 2.73. The molecular weight excluding hydrogens is 212 g/mol. The molecule has 17 heavy (non-hydrogen) atoms. The Morgan fingerprint density at radius 1 is 1.29 bits per heavy atom. The zero-order chi connectivity index (χ0) is 12.1. The Balaban J connectivity index is 2.18. The fourth-order valence-corrected chi connectivity index (χ4v) is 1.88. The van der Waals surface area contributed by atoms with E-state index < -0.39 is 0 Å². The van der Waals surface area contributed by atoms with Crippen LogP contribution >= 0.6 is 0 Å². The normalized spacial score (nSPS) is 11.0. The van der Waals surface area contributed by atoms with Crippen LogP contribution in [0.4, 0.5) is 0 Å². The third kappa shape index (κ3) is 2.93. The minimum Gasteiger partial charge on any atom is -0.329 e. The van der Waals surface area contributed by atoms with Gasteiger partial charge >= 0.3 is 0 Å². The van der Waals surface area contributed by atoms with Crippen LogP contribution in [0.1, 0.15) is 5.56 Å². The maximum absolute atomic E-state index is 5.54. The van der Waals surface area contributed by atoms with Crippen LogP contribution in [0.25, 0.3) is 11.3 Å². The number of hydrogen-bond donors (Lipinski definition) is 2. The largest absolute Gasteiger partial charge is 0.329 e. The second kappa shape index (κ2) is 5.61. The molecule has 0 saturated heterocycles. The predicted molar refractivity (Wildman–Crippen MR) is 69.4 cm³/mol. The van der Waals surface area contributed by atoms with E-state index in [1.807, 2.05) is 24.4 Å². The van der Waals surface area contributed by atoms with Crippen molar-refractivity contribution in [3.8, 4) is 11.3 Å². The van der Waals surface area contributed by atoms with Crippen molar-refractivity contribution in [2.24, 2.45) is 5.73 Å². The van der Waals surface area contributed by atoms with Crippen LogP contribution in [0, 0.1) is 0 Å². The Labute approximate surface area is 101 Å². The van der Waals surface area contributed by atoms with Crippen molar-refractivity contribution in [3.63, 3.8) is 0 Å². The van der Waals surface area contributed by atoms with Crippen LogP contribution in [0.15, 0.2) is 36.5 Å². The molecule has 2 rings (SSSR count). The Morgan fingerprint density at radius 2 is 2.06 bits per heavy atom. The number of nitrogens with two attached hydrogens (primary N) is 1. The van der Waals surface area contributed by atoms with Gasteiger partial charge in [-0.25, -0.2) is 0 Å². The van der Waals surface area contributed by atoms with Crippen molar-refractivity contribution in [1.29, 1.82) is 0 Å². The quantitative estimate of drug-likeness (QED) is 0.817. The molecule has 0 saturated carbocycles. The predicted octanol–water partition coefficient (Wildman–Crippen LogP) is 1.47. The summed E-state index contributed by atoms with van der Waals surface area (Å²) in [6.45, 7) is 2.42. The highest BCUT2D eigenvalue weighted by atomic mass is 15.1. The van der Waals surface area contributed by atoms with Crippen LogP contribution in [0.5, 0.6) is 0 Å². The standard InChI is InChI=1S/C13H18N4/c1-17(8-7-14)10-12-9-15-16-13(12)11-5-3-2-4-6-11/h2-6,9H,7-8,10,14H2,1H3,(H,15,16). The zero-order valence-corrected chi connectivity index (χ0v) is 10.1. The van der Waals surface area contributed by atoms with E-state index in [4.69, 9.17) is 5.73 Å². The highest BCUT2D eigenvalue weighted by molar-refractivity contribution is 5.62. The van der Waals surface area contributed by atoms with E-state index in [1.54, 1.807) is 0 Å². The molecule has 0 amide bonds. The van der Waals surface area contributed by atoms with Crippen molar-refractivity contribution < 1.29 is 0 Å². The van der Waals surface area contributed by atoms with Crippen LogP contribution in [0.2, 0.25) is 0 Å². The number of aromatic nitrogens is 2. The maximum Gasteiger partial charge on any atom is 0.0695 e. The first-order chi connectivity index (χ1) is 8.31. The van der Waals surface area contributed by atoms with Crippen LogP contribution in [-0.2, 0) is 6.54 Å². The first kappa shape index (κ1) is 11.8. The molecule has 1 aromatic heterocycles. The van der Waals surface area contributed by atoms with Crippen molar-refractivity contribution in [2.75, 3.05) is 20.1 Å². The lowest BCUT2D eigenvalue weighted by molar-refractivity contribution is 0.337. The highest BCUT2D eigenvalue weighted by Gasteiger charge is 2.09. The molecular formula is C13H18N4. The number of nitrogens with one attached hydrogen (secondary N) is 1. The maximum atomic E-state index is 5.54. The van der Waals surface area contributed by atoms with Crippen LogP contribution < -0.4 is 5.73 Å². The van der Waals surface area contributed by atoms with Gasteiger partial charge in [-0.1, -0.05) is 30.3 Å². The SMILES string of the molecule is CN(CCN)Cc1cn[nH]c1-c1ccccc1. The molecule has 0 atom stereocenters. The van der Waals surface area contributed by atoms with Crippen molar-refractivity contribution in [2.45, 2.75) is 6.54 Å². The first-order valence-corrected chi connectivity index (χ1v) is 5.77.